The van der Waals surface area contributed by atoms with Crippen molar-refractivity contribution in [3.8, 4) is 0 Å². The Hall–Kier alpha value is -2.32. The minimum Gasteiger partial charge on any atom is -0.466 e. The molecule has 1 N–H and O–H groups in total. The molecule has 0 radical (unpaired) electrons. The predicted octanol–water partition coefficient (Wildman–Crippen LogP) is 1.33. The number of halogens is 2. The molecule has 0 unspecified atom stereocenters. The van der Waals surface area contributed by atoms with Gasteiger partial charge in [0.25, 0.3) is 6.43 Å². The number of pyridine rings is 1. The number of alkyl halides is 2. The summed E-state index contributed by atoms with van der Waals surface area (Å²) in [6, 6.07) is 0.534. The van der Waals surface area contributed by atoms with Gasteiger partial charge in [-0.1, -0.05) is 0 Å². The van der Waals surface area contributed by atoms with Crippen LogP contribution in [0.4, 0.5) is 14.6 Å². The molecular weight excluding hydrogens is 266 g/mol. The number of hydrogen-bond donors (Lipinski definition) is 1. The van der Waals surface area contributed by atoms with Gasteiger partial charge in [-0.3, -0.25) is 4.79 Å². The second-order valence-corrected chi connectivity index (χ2v) is 3.46. The number of nitrogens with one attached hydrogen (secondary N) is 1. The molecule has 104 valence electrons. The Kier molecular flexibility index (Phi) is 4.67. The Morgan fingerprint density at radius 2 is 2.21 bits per heavy atom. The van der Waals surface area contributed by atoms with Crippen molar-refractivity contribution >= 4 is 11.8 Å². The summed E-state index contributed by atoms with van der Waals surface area (Å²) in [5, 5.41) is 10.7. The average molecular weight is 276 g/mol. The Bertz CT molecular complexity index is 555. The summed E-state index contributed by atoms with van der Waals surface area (Å²) in [4.78, 5) is 33.9. The molecule has 1 aromatic heterocycles. The number of carbonyl (C=O) groups is 1. The first-order valence-corrected chi connectivity index (χ1v) is 5.21. The van der Waals surface area contributed by atoms with E-state index in [4.69, 9.17) is 0 Å². The van der Waals surface area contributed by atoms with E-state index in [0.717, 1.165) is 0 Å². The Morgan fingerprint density at radius 1 is 1.58 bits per heavy atom. The first-order valence-electron chi connectivity index (χ1n) is 5.21. The maximum absolute atomic E-state index is 12.8. The SMILES string of the molecule is CCOC(=O)Cc1c(C(F)F)cc(=O)[nH]c1[N+](=O)[O-]. The number of aromatic amines is 1. The van der Waals surface area contributed by atoms with E-state index in [-0.39, 0.29) is 6.61 Å². The molecule has 0 aliphatic heterocycles. The number of nitro groups is 1. The van der Waals surface area contributed by atoms with Crippen LogP contribution in [-0.2, 0) is 16.0 Å². The summed E-state index contributed by atoms with van der Waals surface area (Å²) in [7, 11) is 0. The number of rotatable bonds is 5. The standard InChI is InChI=1S/C10H10F2N2O5/c1-2-19-8(16)4-6-5(9(11)12)3-7(15)13-10(6)14(17)18/h3,9H,2,4H2,1H3,(H,13,15). The number of H-pyrrole nitrogens is 1. The van der Waals surface area contributed by atoms with Crippen LogP contribution in [0.3, 0.4) is 0 Å². The fourth-order valence-corrected chi connectivity index (χ4v) is 1.49. The highest BCUT2D eigenvalue weighted by molar-refractivity contribution is 5.74. The van der Waals surface area contributed by atoms with E-state index in [0.29, 0.717) is 6.07 Å². The number of aromatic nitrogens is 1. The molecule has 9 heteroatoms. The molecule has 7 nitrogen and oxygen atoms in total. The molecule has 0 saturated heterocycles. The number of ether oxygens (including phenoxy) is 1. The van der Waals surface area contributed by atoms with E-state index in [1.165, 1.54) is 6.92 Å². The molecule has 1 heterocycles. The van der Waals surface area contributed by atoms with Crippen molar-refractivity contribution < 1.29 is 23.2 Å². The lowest BCUT2D eigenvalue weighted by atomic mass is 10.1. The highest BCUT2D eigenvalue weighted by atomic mass is 19.3. The highest BCUT2D eigenvalue weighted by Crippen LogP contribution is 2.27. The molecule has 0 aliphatic carbocycles. The van der Waals surface area contributed by atoms with Crippen LogP contribution in [-0.4, -0.2) is 22.5 Å². The van der Waals surface area contributed by atoms with E-state index in [1.807, 2.05) is 4.98 Å². The second-order valence-electron chi connectivity index (χ2n) is 3.46. The molecule has 0 spiro atoms. The van der Waals surface area contributed by atoms with Gasteiger partial charge in [0.2, 0.25) is 0 Å². The molecule has 0 bridgehead atoms. The summed E-state index contributed by atoms with van der Waals surface area (Å²) < 4.78 is 30.1. The Morgan fingerprint density at radius 3 is 2.68 bits per heavy atom. The van der Waals surface area contributed by atoms with Gasteiger partial charge in [0, 0.05) is 11.6 Å². The molecular formula is C10H10F2N2O5. The molecule has 1 aromatic rings. The van der Waals surface area contributed by atoms with Gasteiger partial charge in [-0.15, -0.1) is 0 Å². The summed E-state index contributed by atoms with van der Waals surface area (Å²) >= 11 is 0. The Labute approximate surface area is 105 Å². The predicted molar refractivity (Wildman–Crippen MR) is 59.0 cm³/mol. The van der Waals surface area contributed by atoms with E-state index in [9.17, 15) is 28.5 Å². The summed E-state index contributed by atoms with van der Waals surface area (Å²) in [5.74, 6) is -1.81. The van der Waals surface area contributed by atoms with Gasteiger partial charge in [-0.2, -0.15) is 0 Å². The van der Waals surface area contributed by atoms with Gasteiger partial charge in [0.15, 0.2) is 0 Å². The summed E-state index contributed by atoms with van der Waals surface area (Å²) in [5.41, 5.74) is -2.42. The topological polar surface area (TPSA) is 102 Å². The van der Waals surface area contributed by atoms with Crippen molar-refractivity contribution in [1.82, 2.24) is 4.98 Å². The molecule has 0 saturated carbocycles. The zero-order chi connectivity index (χ0) is 14.6. The third-order valence-electron chi connectivity index (χ3n) is 2.21. The van der Waals surface area contributed by atoms with Crippen molar-refractivity contribution in [2.45, 2.75) is 19.8 Å². The lowest BCUT2D eigenvalue weighted by Crippen LogP contribution is -2.17. The zero-order valence-electron chi connectivity index (χ0n) is 9.81. The lowest BCUT2D eigenvalue weighted by Gasteiger charge is -2.08. The molecule has 0 aromatic carbocycles. The fourth-order valence-electron chi connectivity index (χ4n) is 1.49. The molecule has 1 rings (SSSR count). The number of esters is 1. The molecule has 0 fully saturated rings. The summed E-state index contributed by atoms with van der Waals surface area (Å²) in [6.45, 7) is 1.52. The van der Waals surface area contributed by atoms with Crippen LogP contribution in [0.15, 0.2) is 10.9 Å². The smallest absolute Gasteiger partial charge is 0.332 e. The van der Waals surface area contributed by atoms with E-state index in [2.05, 4.69) is 4.74 Å². The van der Waals surface area contributed by atoms with Crippen molar-refractivity contribution in [1.29, 1.82) is 0 Å². The van der Waals surface area contributed by atoms with Crippen molar-refractivity contribution in [2.24, 2.45) is 0 Å². The highest BCUT2D eigenvalue weighted by Gasteiger charge is 2.26. The fraction of sp³-hybridized carbons (Fsp3) is 0.400. The minimum atomic E-state index is -3.11. The van der Waals surface area contributed by atoms with Crippen molar-refractivity contribution in [3.63, 3.8) is 0 Å². The van der Waals surface area contributed by atoms with Crippen LogP contribution < -0.4 is 5.56 Å². The molecule has 19 heavy (non-hydrogen) atoms. The lowest BCUT2D eigenvalue weighted by molar-refractivity contribution is -0.390. The van der Waals surface area contributed by atoms with Crippen LogP contribution in [0.1, 0.15) is 24.5 Å². The quantitative estimate of drug-likeness (QED) is 0.496. The molecule has 0 atom stereocenters. The molecule has 0 amide bonds. The monoisotopic (exact) mass is 276 g/mol. The van der Waals surface area contributed by atoms with Crippen molar-refractivity contribution in [2.75, 3.05) is 6.61 Å². The van der Waals surface area contributed by atoms with Gasteiger partial charge in [0.1, 0.15) is 0 Å². The number of carbonyl (C=O) groups excluding carboxylic acids is 1. The second kappa shape index (κ2) is 6.03. The van der Waals surface area contributed by atoms with Crippen LogP contribution in [0.25, 0.3) is 0 Å². The Balaban J connectivity index is 3.35. The average Bonchev–Trinajstić information content (AvgIpc) is 2.30. The van der Waals surface area contributed by atoms with Gasteiger partial charge < -0.3 is 14.9 Å². The van der Waals surface area contributed by atoms with Crippen molar-refractivity contribution in [3.05, 3.63) is 37.7 Å². The zero-order valence-corrected chi connectivity index (χ0v) is 9.81. The van der Waals surface area contributed by atoms with E-state index in [1.54, 1.807) is 0 Å². The maximum Gasteiger partial charge on any atom is 0.332 e. The third kappa shape index (κ3) is 3.57. The van der Waals surface area contributed by atoms with Crippen LogP contribution in [0.2, 0.25) is 0 Å². The van der Waals surface area contributed by atoms with E-state index >= 15 is 0 Å². The largest absolute Gasteiger partial charge is 0.466 e. The van der Waals surface area contributed by atoms with Crippen LogP contribution >= 0.6 is 0 Å². The number of nitrogens with zero attached hydrogens (tertiary/aromatic N) is 1. The first kappa shape index (κ1) is 14.7. The van der Waals surface area contributed by atoms with Gasteiger partial charge in [0.05, 0.1) is 18.6 Å². The van der Waals surface area contributed by atoms with Gasteiger partial charge >= 0.3 is 17.3 Å². The summed E-state index contributed by atoms with van der Waals surface area (Å²) in [6.07, 6.45) is -3.81. The third-order valence-corrected chi connectivity index (χ3v) is 2.21. The van der Waals surface area contributed by atoms with Gasteiger partial charge in [-0.25, -0.2) is 18.6 Å². The van der Waals surface area contributed by atoms with Gasteiger partial charge in [-0.05, 0) is 11.8 Å². The van der Waals surface area contributed by atoms with Crippen LogP contribution in [0, 0.1) is 10.1 Å². The maximum atomic E-state index is 12.8. The van der Waals surface area contributed by atoms with Crippen LogP contribution in [0.5, 0.6) is 0 Å². The number of hydrogen-bond acceptors (Lipinski definition) is 5. The molecule has 0 aliphatic rings. The van der Waals surface area contributed by atoms with E-state index < -0.39 is 46.2 Å². The normalized spacial score (nSPS) is 10.5. The minimum absolute atomic E-state index is 0.0139. The first-order chi connectivity index (χ1) is 8.86.